The maximum atomic E-state index is 12.6. The molecule has 1 aromatic rings. The van der Waals surface area contributed by atoms with Crippen LogP contribution >= 0.6 is 46.6 Å². The van der Waals surface area contributed by atoms with E-state index >= 15 is 0 Å². The first-order valence-corrected chi connectivity index (χ1v) is 10.9. The molecule has 0 aliphatic carbocycles. The molecule has 14 heteroatoms. The number of amides is 3. The predicted octanol–water partition coefficient (Wildman–Crippen LogP) is 1.71. The van der Waals surface area contributed by atoms with Crippen molar-refractivity contribution in [2.45, 2.75) is 34.9 Å². The van der Waals surface area contributed by atoms with E-state index in [9.17, 15) is 24.0 Å². The number of thioether (sulfide) groups is 1. The fraction of sp³-hybridized carbons (Fsp3) is 0.389. The predicted molar refractivity (Wildman–Crippen MR) is 117 cm³/mol. The normalized spacial score (nSPS) is 18.8. The van der Waals surface area contributed by atoms with Gasteiger partial charge in [-0.3, -0.25) is 19.3 Å². The average Bonchev–Trinajstić information content (AvgIpc) is 2.73. The Morgan fingerprint density at radius 1 is 1.22 bits per heavy atom. The number of ether oxygens (including phenoxy) is 2. The van der Waals surface area contributed by atoms with Gasteiger partial charge in [0.2, 0.25) is 22.3 Å². The van der Waals surface area contributed by atoms with Crippen molar-refractivity contribution in [1.29, 1.82) is 0 Å². The van der Waals surface area contributed by atoms with Crippen LogP contribution in [0.25, 0.3) is 0 Å². The number of benzene rings is 1. The molecule has 0 radical (unpaired) electrons. The Morgan fingerprint density at radius 2 is 1.88 bits per heavy atom. The van der Waals surface area contributed by atoms with Gasteiger partial charge in [0.05, 0.1) is 0 Å². The first kappa shape index (κ1) is 26.0. The van der Waals surface area contributed by atoms with Crippen LogP contribution in [-0.4, -0.2) is 62.4 Å². The molecule has 3 amide bonds. The Hall–Kier alpha value is -2.21. The fourth-order valence-corrected chi connectivity index (χ4v) is 3.79. The Kier molecular flexibility index (Phi) is 9.44. The van der Waals surface area contributed by atoms with Crippen LogP contribution in [0.15, 0.2) is 30.3 Å². The second kappa shape index (κ2) is 11.6. The number of hydrogen-bond acceptors (Lipinski definition) is 8. The number of alkyl halides is 3. The van der Waals surface area contributed by atoms with E-state index in [4.69, 9.17) is 44.3 Å². The van der Waals surface area contributed by atoms with Gasteiger partial charge in [-0.25, -0.2) is 9.59 Å². The third kappa shape index (κ3) is 7.44. The number of rotatable bonds is 9. The van der Waals surface area contributed by atoms with Crippen molar-refractivity contribution < 1.29 is 33.4 Å². The Labute approximate surface area is 202 Å². The SMILES string of the molecule is CC(=O)NC1C(=O)N(C(NC=O)C(=O)OCc2ccccc2)C1SC(=O)OCC(Cl)(Cl)Cl. The van der Waals surface area contributed by atoms with Gasteiger partial charge in [-0.15, -0.1) is 0 Å². The van der Waals surface area contributed by atoms with Gasteiger partial charge < -0.3 is 20.1 Å². The molecular formula is C18H18Cl3N3O7S. The number of β-lactam (4-membered cyclic amide) rings is 1. The molecule has 1 saturated heterocycles. The second-order valence-corrected chi connectivity index (χ2v) is 9.93. The summed E-state index contributed by atoms with van der Waals surface area (Å²) >= 11 is 17.1. The number of esters is 1. The van der Waals surface area contributed by atoms with Crippen LogP contribution in [0.5, 0.6) is 0 Å². The molecule has 10 nitrogen and oxygen atoms in total. The molecule has 0 saturated carbocycles. The second-order valence-electron chi connectivity index (χ2n) is 6.37. The first-order chi connectivity index (χ1) is 15.0. The van der Waals surface area contributed by atoms with E-state index in [1.54, 1.807) is 30.3 Å². The Balaban J connectivity index is 2.14. The monoisotopic (exact) mass is 525 g/mol. The zero-order valence-electron chi connectivity index (χ0n) is 16.5. The van der Waals surface area contributed by atoms with E-state index in [-0.39, 0.29) is 13.0 Å². The summed E-state index contributed by atoms with van der Waals surface area (Å²) in [6.07, 6.45) is -1.34. The highest BCUT2D eigenvalue weighted by atomic mass is 35.6. The summed E-state index contributed by atoms with van der Waals surface area (Å²) in [6.45, 7) is 0.495. The lowest BCUT2D eigenvalue weighted by atomic mass is 10.1. The highest BCUT2D eigenvalue weighted by molar-refractivity contribution is 8.13. The molecule has 0 spiro atoms. The molecular weight excluding hydrogens is 509 g/mol. The lowest BCUT2D eigenvalue weighted by Crippen LogP contribution is -2.75. The number of hydrogen-bond donors (Lipinski definition) is 2. The molecule has 174 valence electrons. The standard InChI is InChI=1S/C18H18Cl3N3O7S/c1-10(26)23-12-14(27)24(15(12)32-17(29)31-8-18(19,20)21)13(22-9-25)16(28)30-7-11-5-3-2-4-6-11/h2-6,9,12-13,15H,7-8H2,1H3,(H,22,25)(H,23,26). The van der Waals surface area contributed by atoms with Gasteiger partial charge in [0.15, 0.2) is 0 Å². The highest BCUT2D eigenvalue weighted by Crippen LogP contribution is 2.34. The highest BCUT2D eigenvalue weighted by Gasteiger charge is 2.55. The van der Waals surface area contributed by atoms with Crippen molar-refractivity contribution in [3.63, 3.8) is 0 Å². The molecule has 2 rings (SSSR count). The number of carbonyl (C=O) groups is 5. The average molecular weight is 527 g/mol. The molecule has 1 fully saturated rings. The molecule has 0 aromatic heterocycles. The van der Waals surface area contributed by atoms with Gasteiger partial charge in [0.1, 0.15) is 24.6 Å². The van der Waals surface area contributed by atoms with E-state index in [2.05, 4.69) is 10.6 Å². The molecule has 3 unspecified atom stereocenters. The molecule has 1 aromatic carbocycles. The van der Waals surface area contributed by atoms with E-state index in [1.165, 1.54) is 6.92 Å². The topological polar surface area (TPSA) is 131 Å². The molecule has 3 atom stereocenters. The lowest BCUT2D eigenvalue weighted by molar-refractivity contribution is -0.167. The Bertz CT molecular complexity index is 869. The van der Waals surface area contributed by atoms with Crippen molar-refractivity contribution in [3.8, 4) is 0 Å². The van der Waals surface area contributed by atoms with Crippen molar-refractivity contribution in [2.24, 2.45) is 0 Å². The van der Waals surface area contributed by atoms with E-state index in [0.717, 1.165) is 4.90 Å². The van der Waals surface area contributed by atoms with E-state index < -0.39 is 51.1 Å². The summed E-state index contributed by atoms with van der Waals surface area (Å²) in [5.41, 5.74) is 0.679. The van der Waals surface area contributed by atoms with Gasteiger partial charge >= 0.3 is 11.3 Å². The maximum absolute atomic E-state index is 12.6. The van der Waals surface area contributed by atoms with Crippen molar-refractivity contribution in [1.82, 2.24) is 15.5 Å². The number of nitrogens with one attached hydrogen (secondary N) is 2. The van der Waals surface area contributed by atoms with Crippen LogP contribution in [0.2, 0.25) is 0 Å². The summed E-state index contributed by atoms with van der Waals surface area (Å²) in [5.74, 6) is -2.21. The summed E-state index contributed by atoms with van der Waals surface area (Å²) in [4.78, 5) is 60.8. The third-order valence-electron chi connectivity index (χ3n) is 3.96. The molecule has 32 heavy (non-hydrogen) atoms. The van der Waals surface area contributed by atoms with Crippen LogP contribution in [0.3, 0.4) is 0 Å². The smallest absolute Gasteiger partial charge is 0.369 e. The minimum absolute atomic E-state index is 0.114. The number of halogens is 3. The summed E-state index contributed by atoms with van der Waals surface area (Å²) < 4.78 is 8.16. The van der Waals surface area contributed by atoms with Gasteiger partial charge in [-0.05, 0) is 17.3 Å². The summed E-state index contributed by atoms with van der Waals surface area (Å²) in [6, 6.07) is 7.56. The number of carbonyl (C=O) groups excluding carboxylic acids is 5. The van der Waals surface area contributed by atoms with Crippen LogP contribution in [0.4, 0.5) is 4.79 Å². The van der Waals surface area contributed by atoms with Crippen molar-refractivity contribution >= 4 is 76.1 Å². The maximum Gasteiger partial charge on any atom is 0.369 e. The Morgan fingerprint density at radius 3 is 2.44 bits per heavy atom. The summed E-state index contributed by atoms with van der Waals surface area (Å²) in [7, 11) is 0. The molecule has 1 heterocycles. The van der Waals surface area contributed by atoms with Crippen LogP contribution in [0.1, 0.15) is 12.5 Å². The van der Waals surface area contributed by atoms with Gasteiger partial charge in [-0.2, -0.15) is 0 Å². The van der Waals surface area contributed by atoms with Gasteiger partial charge in [0.25, 0.3) is 5.91 Å². The zero-order chi connectivity index (χ0) is 23.9. The largest absolute Gasteiger partial charge is 0.458 e. The van der Waals surface area contributed by atoms with Crippen LogP contribution in [0, 0.1) is 0 Å². The van der Waals surface area contributed by atoms with Crippen molar-refractivity contribution in [3.05, 3.63) is 35.9 Å². The molecule has 2 N–H and O–H groups in total. The third-order valence-corrected chi connectivity index (χ3v) is 5.34. The van der Waals surface area contributed by atoms with Gasteiger partial charge in [-0.1, -0.05) is 65.1 Å². The summed E-state index contributed by atoms with van der Waals surface area (Å²) in [5, 5.41) is 2.53. The van der Waals surface area contributed by atoms with E-state index in [0.29, 0.717) is 17.3 Å². The molecule has 1 aliphatic rings. The van der Waals surface area contributed by atoms with E-state index in [1.807, 2.05) is 0 Å². The number of nitrogens with zero attached hydrogens (tertiary/aromatic N) is 1. The van der Waals surface area contributed by atoms with Gasteiger partial charge in [0, 0.05) is 6.92 Å². The first-order valence-electron chi connectivity index (χ1n) is 8.93. The number of likely N-dealkylation sites (tertiary alicyclic amines) is 1. The molecule has 1 aliphatic heterocycles. The zero-order valence-corrected chi connectivity index (χ0v) is 19.5. The molecule has 0 bridgehead atoms. The minimum Gasteiger partial charge on any atom is -0.458 e. The lowest BCUT2D eigenvalue weighted by Gasteiger charge is -2.48. The van der Waals surface area contributed by atoms with Crippen LogP contribution in [-0.2, 0) is 35.3 Å². The van der Waals surface area contributed by atoms with Crippen LogP contribution < -0.4 is 10.6 Å². The fourth-order valence-electron chi connectivity index (χ4n) is 2.64. The minimum atomic E-state index is -1.86. The quantitative estimate of drug-likeness (QED) is 0.215. The van der Waals surface area contributed by atoms with Crippen molar-refractivity contribution in [2.75, 3.05) is 6.61 Å².